The number of halogens is 1. The molecular weight excluding hydrogens is 341 g/mol. The van der Waals surface area contributed by atoms with E-state index >= 15 is 0 Å². The molecule has 0 spiro atoms. The van der Waals surface area contributed by atoms with Crippen LogP contribution in [0, 0.1) is 15.9 Å². The van der Waals surface area contributed by atoms with Crippen molar-refractivity contribution in [2.45, 2.75) is 12.8 Å². The smallest absolute Gasteiger partial charge is 0.311 e. The van der Waals surface area contributed by atoms with Crippen LogP contribution in [0.25, 0.3) is 0 Å². The van der Waals surface area contributed by atoms with E-state index in [1.54, 1.807) is 12.1 Å². The number of nitro benzene ring substituents is 1. The Bertz CT molecular complexity index is 805. The summed E-state index contributed by atoms with van der Waals surface area (Å²) in [5.74, 6) is -1.45. The fourth-order valence-electron chi connectivity index (χ4n) is 2.83. The maximum atomic E-state index is 13.2. The molecule has 0 atom stereocenters. The van der Waals surface area contributed by atoms with Gasteiger partial charge in [0, 0.05) is 36.6 Å². The molecule has 3 rings (SSSR count). The zero-order valence-corrected chi connectivity index (χ0v) is 14.0. The van der Waals surface area contributed by atoms with E-state index in [0.717, 1.165) is 37.0 Å². The van der Waals surface area contributed by atoms with Gasteiger partial charge in [0.05, 0.1) is 4.92 Å². The maximum Gasteiger partial charge on any atom is 0.311 e. The molecule has 0 unspecified atom stereocenters. The number of anilines is 2. The van der Waals surface area contributed by atoms with E-state index in [4.69, 9.17) is 4.74 Å². The van der Waals surface area contributed by atoms with Gasteiger partial charge in [-0.1, -0.05) is 0 Å². The first-order chi connectivity index (χ1) is 12.5. The number of nitrogens with one attached hydrogen (secondary N) is 1. The van der Waals surface area contributed by atoms with Gasteiger partial charge in [-0.15, -0.1) is 0 Å². The zero-order valence-electron chi connectivity index (χ0n) is 14.0. The summed E-state index contributed by atoms with van der Waals surface area (Å²) in [7, 11) is 0. The number of hydrogen-bond donors (Lipinski definition) is 1. The number of hydrogen-bond acceptors (Lipinski definition) is 5. The first-order valence-electron chi connectivity index (χ1n) is 8.24. The quantitative estimate of drug-likeness (QED) is 0.631. The molecule has 1 aliphatic rings. The number of carbonyl (C=O) groups excluding carboxylic acids is 1. The van der Waals surface area contributed by atoms with Crippen LogP contribution in [0.3, 0.4) is 0 Å². The minimum Gasteiger partial charge on any atom is -0.477 e. The van der Waals surface area contributed by atoms with Crippen LogP contribution in [0.4, 0.5) is 21.5 Å². The van der Waals surface area contributed by atoms with E-state index in [1.165, 1.54) is 12.8 Å². The van der Waals surface area contributed by atoms with Crippen molar-refractivity contribution in [1.29, 1.82) is 0 Å². The normalized spacial score (nSPS) is 13.5. The average Bonchev–Trinajstić information content (AvgIpc) is 3.15. The Labute approximate surface area is 149 Å². The monoisotopic (exact) mass is 359 g/mol. The summed E-state index contributed by atoms with van der Waals surface area (Å²) in [6.07, 6.45) is 2.37. The molecule has 2 aromatic carbocycles. The fourth-order valence-corrected chi connectivity index (χ4v) is 2.83. The molecule has 0 radical (unpaired) electrons. The molecule has 1 N–H and O–H groups in total. The molecule has 1 heterocycles. The number of ether oxygens (including phenoxy) is 1. The molecule has 8 heteroatoms. The Hall–Kier alpha value is -3.16. The van der Waals surface area contributed by atoms with Crippen LogP contribution in [-0.4, -0.2) is 30.5 Å². The van der Waals surface area contributed by atoms with Crippen LogP contribution in [-0.2, 0) is 4.79 Å². The molecule has 1 amide bonds. The Kier molecular flexibility index (Phi) is 5.31. The molecular formula is C18H18FN3O4. The standard InChI is InChI=1S/C18H18FN3O4/c19-13-3-8-16(22(24)25)17(11-13)26-12-18(23)20-14-4-6-15(7-5-14)21-9-1-2-10-21/h3-8,11H,1-2,9-10,12H2,(H,20,23). The van der Waals surface area contributed by atoms with E-state index in [9.17, 15) is 19.3 Å². The summed E-state index contributed by atoms with van der Waals surface area (Å²) in [4.78, 5) is 24.5. The molecule has 136 valence electrons. The fraction of sp³-hybridized carbons (Fsp3) is 0.278. The highest BCUT2D eigenvalue weighted by atomic mass is 19.1. The second kappa shape index (κ2) is 7.81. The van der Waals surface area contributed by atoms with Gasteiger partial charge < -0.3 is 15.0 Å². The van der Waals surface area contributed by atoms with Crippen LogP contribution in [0.15, 0.2) is 42.5 Å². The van der Waals surface area contributed by atoms with Crippen molar-refractivity contribution in [1.82, 2.24) is 0 Å². The summed E-state index contributed by atoms with van der Waals surface area (Å²) in [6, 6.07) is 10.3. The molecule has 0 aliphatic carbocycles. The molecule has 0 bridgehead atoms. The van der Waals surface area contributed by atoms with Gasteiger partial charge in [-0.05, 0) is 43.2 Å². The summed E-state index contributed by atoms with van der Waals surface area (Å²) in [5.41, 5.74) is 1.30. The lowest BCUT2D eigenvalue weighted by Crippen LogP contribution is -2.21. The molecule has 0 aromatic heterocycles. The highest BCUT2D eigenvalue weighted by molar-refractivity contribution is 5.92. The molecule has 1 aliphatic heterocycles. The highest BCUT2D eigenvalue weighted by Crippen LogP contribution is 2.27. The van der Waals surface area contributed by atoms with Gasteiger partial charge >= 0.3 is 5.69 Å². The average molecular weight is 359 g/mol. The van der Waals surface area contributed by atoms with E-state index in [2.05, 4.69) is 10.2 Å². The predicted molar refractivity (Wildman–Crippen MR) is 95.1 cm³/mol. The van der Waals surface area contributed by atoms with Gasteiger partial charge in [-0.25, -0.2) is 4.39 Å². The molecule has 0 saturated carbocycles. The van der Waals surface area contributed by atoms with Gasteiger partial charge in [0.1, 0.15) is 5.82 Å². The number of nitro groups is 1. The number of benzene rings is 2. The SMILES string of the molecule is O=C(COc1cc(F)ccc1[N+](=O)[O-])Nc1ccc(N2CCCC2)cc1. The number of amides is 1. The third-order valence-electron chi connectivity index (χ3n) is 4.10. The topological polar surface area (TPSA) is 84.7 Å². The van der Waals surface area contributed by atoms with Gasteiger partial charge in [0.25, 0.3) is 5.91 Å². The first kappa shape index (κ1) is 17.7. The van der Waals surface area contributed by atoms with E-state index in [0.29, 0.717) is 5.69 Å². The molecule has 1 fully saturated rings. The van der Waals surface area contributed by atoms with Crippen LogP contribution in [0.1, 0.15) is 12.8 Å². The van der Waals surface area contributed by atoms with E-state index in [1.807, 2.05) is 12.1 Å². The summed E-state index contributed by atoms with van der Waals surface area (Å²) < 4.78 is 18.4. The van der Waals surface area contributed by atoms with Crippen molar-refractivity contribution in [2.75, 3.05) is 29.9 Å². The second-order valence-corrected chi connectivity index (χ2v) is 5.95. The third kappa shape index (κ3) is 4.27. The lowest BCUT2D eigenvalue weighted by Gasteiger charge is -2.17. The Morgan fingerprint density at radius 3 is 2.54 bits per heavy atom. The summed E-state index contributed by atoms with van der Waals surface area (Å²) in [5, 5.41) is 13.6. The van der Waals surface area contributed by atoms with Crippen LogP contribution in [0.2, 0.25) is 0 Å². The minimum atomic E-state index is -0.691. The Morgan fingerprint density at radius 2 is 1.88 bits per heavy atom. The molecule has 1 saturated heterocycles. The minimum absolute atomic E-state index is 0.283. The number of carbonyl (C=O) groups is 1. The molecule has 26 heavy (non-hydrogen) atoms. The van der Waals surface area contributed by atoms with Gasteiger partial charge in [-0.3, -0.25) is 14.9 Å². The van der Waals surface area contributed by atoms with Crippen LogP contribution in [0.5, 0.6) is 5.75 Å². The highest BCUT2D eigenvalue weighted by Gasteiger charge is 2.17. The van der Waals surface area contributed by atoms with E-state index < -0.39 is 28.9 Å². The van der Waals surface area contributed by atoms with E-state index in [-0.39, 0.29) is 5.75 Å². The maximum absolute atomic E-state index is 13.2. The van der Waals surface area contributed by atoms with Gasteiger partial charge in [0.15, 0.2) is 6.61 Å². The second-order valence-electron chi connectivity index (χ2n) is 5.95. The summed E-state index contributed by atoms with van der Waals surface area (Å²) >= 11 is 0. The predicted octanol–water partition coefficient (Wildman–Crippen LogP) is 3.35. The van der Waals surface area contributed by atoms with Crippen molar-refractivity contribution in [3.8, 4) is 5.75 Å². The third-order valence-corrected chi connectivity index (χ3v) is 4.10. The van der Waals surface area contributed by atoms with Gasteiger partial charge in [-0.2, -0.15) is 0 Å². The number of nitrogens with zero attached hydrogens (tertiary/aromatic N) is 2. The first-order valence-corrected chi connectivity index (χ1v) is 8.24. The van der Waals surface area contributed by atoms with Crippen molar-refractivity contribution < 1.29 is 18.8 Å². The van der Waals surface area contributed by atoms with Crippen molar-refractivity contribution in [3.05, 3.63) is 58.4 Å². The Morgan fingerprint density at radius 1 is 1.19 bits per heavy atom. The van der Waals surface area contributed by atoms with Crippen molar-refractivity contribution in [2.24, 2.45) is 0 Å². The van der Waals surface area contributed by atoms with Crippen LogP contribution >= 0.6 is 0 Å². The summed E-state index contributed by atoms with van der Waals surface area (Å²) in [6.45, 7) is 1.61. The number of rotatable bonds is 6. The molecule has 7 nitrogen and oxygen atoms in total. The van der Waals surface area contributed by atoms with Crippen molar-refractivity contribution in [3.63, 3.8) is 0 Å². The Balaban J connectivity index is 1.57. The molecule has 2 aromatic rings. The largest absolute Gasteiger partial charge is 0.477 e. The van der Waals surface area contributed by atoms with Crippen LogP contribution < -0.4 is 15.0 Å². The lowest BCUT2D eigenvalue weighted by molar-refractivity contribution is -0.385. The lowest BCUT2D eigenvalue weighted by atomic mass is 10.2. The van der Waals surface area contributed by atoms with Crippen molar-refractivity contribution >= 4 is 23.0 Å². The van der Waals surface area contributed by atoms with Gasteiger partial charge in [0.2, 0.25) is 5.75 Å². The zero-order chi connectivity index (χ0) is 18.5.